The molecule has 8 heteroatoms. The van der Waals surface area contributed by atoms with Gasteiger partial charge in [0.2, 0.25) is 0 Å². The molecule has 27 heavy (non-hydrogen) atoms. The number of aryl methyl sites for hydroxylation is 2. The van der Waals surface area contributed by atoms with Crippen LogP contribution in [-0.2, 0) is 13.6 Å². The van der Waals surface area contributed by atoms with Crippen molar-refractivity contribution in [2.24, 2.45) is 12.0 Å². The number of nitrogens with zero attached hydrogens (tertiary/aromatic N) is 4. The van der Waals surface area contributed by atoms with E-state index in [2.05, 4.69) is 46.4 Å². The van der Waals surface area contributed by atoms with Crippen LogP contribution in [0.1, 0.15) is 42.6 Å². The first-order valence-corrected chi connectivity index (χ1v) is 9.22. The van der Waals surface area contributed by atoms with Crippen LogP contribution in [0.2, 0.25) is 0 Å². The first kappa shape index (κ1) is 23.5. The van der Waals surface area contributed by atoms with Gasteiger partial charge < -0.3 is 15.1 Å². The van der Waals surface area contributed by atoms with Gasteiger partial charge in [-0.25, -0.2) is 0 Å². The third-order valence-corrected chi connectivity index (χ3v) is 4.90. The highest BCUT2D eigenvalue weighted by Gasteiger charge is 2.21. The number of aliphatic imine (C=N–C) groups is 1. The maximum atomic E-state index is 5.66. The first-order chi connectivity index (χ1) is 12.5. The van der Waals surface area contributed by atoms with E-state index >= 15 is 0 Å². The second-order valence-electron chi connectivity index (χ2n) is 6.33. The fourth-order valence-corrected chi connectivity index (χ4v) is 3.21. The van der Waals surface area contributed by atoms with E-state index < -0.39 is 0 Å². The highest BCUT2D eigenvalue weighted by atomic mass is 127. The monoisotopic (exact) mass is 488 g/mol. The Morgan fingerprint density at radius 3 is 2.48 bits per heavy atom. The molecule has 2 aromatic heterocycles. The molecule has 0 aliphatic heterocycles. The van der Waals surface area contributed by atoms with Gasteiger partial charge in [-0.15, -0.1) is 24.0 Å². The van der Waals surface area contributed by atoms with Crippen LogP contribution in [0, 0.1) is 13.8 Å². The van der Waals surface area contributed by atoms with Crippen LogP contribution in [0.25, 0.3) is 0 Å². The van der Waals surface area contributed by atoms with Crippen LogP contribution in [0.4, 0.5) is 0 Å². The van der Waals surface area contributed by atoms with Crippen molar-refractivity contribution in [3.63, 3.8) is 0 Å². The summed E-state index contributed by atoms with van der Waals surface area (Å²) >= 11 is 0. The van der Waals surface area contributed by atoms with E-state index in [1.165, 1.54) is 11.3 Å². The molecule has 0 radical (unpaired) electrons. The molecular formula is C19H33IN6O. The van der Waals surface area contributed by atoms with Gasteiger partial charge in [0.05, 0.1) is 18.0 Å². The summed E-state index contributed by atoms with van der Waals surface area (Å²) in [7, 11) is 3.76. The molecule has 1 atom stereocenters. The summed E-state index contributed by atoms with van der Waals surface area (Å²) in [5.41, 5.74) is 3.42. The highest BCUT2D eigenvalue weighted by molar-refractivity contribution is 14.0. The summed E-state index contributed by atoms with van der Waals surface area (Å²) in [5.74, 6) is 1.74. The standard InChI is InChI=1S/C19H32N6O.HI/c1-7-25(8-2)17(18-10-9-11-26-18)13-22-19(20-5)21-12-16-14(3)23-24(6)15(16)4;/h9-11,17H,7-8,12-13H2,1-6H3,(H2,20,21,22);1H. The minimum absolute atomic E-state index is 0. The summed E-state index contributed by atoms with van der Waals surface area (Å²) in [5, 5.41) is 11.3. The molecule has 0 saturated heterocycles. The largest absolute Gasteiger partial charge is 0.468 e. The topological polar surface area (TPSA) is 70.6 Å². The average Bonchev–Trinajstić information content (AvgIpc) is 3.24. The van der Waals surface area contributed by atoms with Gasteiger partial charge in [-0.05, 0) is 39.1 Å². The first-order valence-electron chi connectivity index (χ1n) is 9.22. The zero-order valence-electron chi connectivity index (χ0n) is 17.2. The van der Waals surface area contributed by atoms with E-state index in [1.807, 2.05) is 30.8 Å². The highest BCUT2D eigenvalue weighted by Crippen LogP contribution is 2.20. The Hall–Kier alpha value is -1.55. The predicted molar refractivity (Wildman–Crippen MR) is 121 cm³/mol. The molecule has 2 aromatic rings. The van der Waals surface area contributed by atoms with Crippen molar-refractivity contribution in [2.45, 2.75) is 40.3 Å². The van der Waals surface area contributed by atoms with Crippen LogP contribution in [0.3, 0.4) is 0 Å². The van der Waals surface area contributed by atoms with Crippen LogP contribution < -0.4 is 10.6 Å². The lowest BCUT2D eigenvalue weighted by atomic mass is 10.2. The molecule has 2 heterocycles. The normalized spacial score (nSPS) is 12.8. The van der Waals surface area contributed by atoms with Gasteiger partial charge in [-0.1, -0.05) is 13.8 Å². The lowest BCUT2D eigenvalue weighted by Gasteiger charge is -2.28. The fraction of sp³-hybridized carbons (Fsp3) is 0.579. The number of aromatic nitrogens is 2. The summed E-state index contributed by atoms with van der Waals surface area (Å²) in [6.07, 6.45) is 1.73. The zero-order chi connectivity index (χ0) is 19.1. The van der Waals surface area contributed by atoms with Crippen molar-refractivity contribution in [1.82, 2.24) is 25.3 Å². The van der Waals surface area contributed by atoms with E-state index in [1.54, 1.807) is 13.3 Å². The second kappa shape index (κ2) is 11.3. The van der Waals surface area contributed by atoms with Gasteiger partial charge in [-0.3, -0.25) is 14.6 Å². The summed E-state index contributed by atoms with van der Waals surface area (Å²) in [4.78, 5) is 6.72. The molecule has 1 unspecified atom stereocenters. The van der Waals surface area contributed by atoms with Crippen LogP contribution in [-0.4, -0.2) is 47.3 Å². The van der Waals surface area contributed by atoms with E-state index in [0.29, 0.717) is 6.54 Å². The van der Waals surface area contributed by atoms with Crippen molar-refractivity contribution < 1.29 is 4.42 Å². The molecule has 0 saturated carbocycles. The number of hydrogen-bond acceptors (Lipinski definition) is 4. The predicted octanol–water partition coefficient (Wildman–Crippen LogP) is 3.00. The Kier molecular flexibility index (Phi) is 9.86. The minimum atomic E-state index is 0. The number of guanidine groups is 1. The lowest BCUT2D eigenvalue weighted by molar-refractivity contribution is 0.193. The fourth-order valence-electron chi connectivity index (χ4n) is 3.21. The Bertz CT molecular complexity index is 706. The second-order valence-corrected chi connectivity index (χ2v) is 6.33. The van der Waals surface area contributed by atoms with Crippen LogP contribution >= 0.6 is 24.0 Å². The van der Waals surface area contributed by atoms with E-state index in [-0.39, 0.29) is 30.0 Å². The number of furan rings is 1. The molecule has 7 nitrogen and oxygen atoms in total. The van der Waals surface area contributed by atoms with Gasteiger partial charge in [0, 0.05) is 38.4 Å². The molecular weight excluding hydrogens is 455 g/mol. The van der Waals surface area contributed by atoms with Crippen molar-refractivity contribution in [3.8, 4) is 0 Å². The Labute approximate surface area is 179 Å². The van der Waals surface area contributed by atoms with Gasteiger partial charge >= 0.3 is 0 Å². The Morgan fingerprint density at radius 1 is 1.30 bits per heavy atom. The molecule has 0 bridgehead atoms. The van der Waals surface area contributed by atoms with Crippen molar-refractivity contribution in [3.05, 3.63) is 41.1 Å². The van der Waals surface area contributed by atoms with Crippen molar-refractivity contribution in [2.75, 3.05) is 26.7 Å². The molecule has 0 aromatic carbocycles. The maximum Gasteiger partial charge on any atom is 0.191 e. The number of hydrogen-bond donors (Lipinski definition) is 2. The molecule has 0 fully saturated rings. The van der Waals surface area contributed by atoms with Gasteiger partial charge in [-0.2, -0.15) is 5.10 Å². The van der Waals surface area contributed by atoms with Gasteiger partial charge in [0.15, 0.2) is 5.96 Å². The molecule has 152 valence electrons. The van der Waals surface area contributed by atoms with Crippen molar-refractivity contribution >= 4 is 29.9 Å². The molecule has 0 spiro atoms. The van der Waals surface area contributed by atoms with E-state index in [4.69, 9.17) is 4.42 Å². The summed E-state index contributed by atoms with van der Waals surface area (Å²) < 4.78 is 7.57. The number of halogens is 1. The molecule has 0 aliphatic rings. The van der Waals surface area contributed by atoms with Crippen LogP contribution in [0.5, 0.6) is 0 Å². The van der Waals surface area contributed by atoms with E-state index in [9.17, 15) is 0 Å². The van der Waals surface area contributed by atoms with Crippen LogP contribution in [0.15, 0.2) is 27.8 Å². The number of rotatable bonds is 8. The smallest absolute Gasteiger partial charge is 0.191 e. The van der Waals surface area contributed by atoms with Crippen molar-refractivity contribution in [1.29, 1.82) is 0 Å². The SMILES string of the molecule is CCN(CC)C(CNC(=NC)NCc1c(C)nn(C)c1C)c1ccco1.I. The lowest BCUT2D eigenvalue weighted by Crippen LogP contribution is -2.43. The van der Waals surface area contributed by atoms with Gasteiger partial charge in [0.1, 0.15) is 5.76 Å². The quantitative estimate of drug-likeness (QED) is 0.340. The maximum absolute atomic E-state index is 5.66. The van der Waals surface area contributed by atoms with Gasteiger partial charge in [0.25, 0.3) is 0 Å². The molecule has 0 amide bonds. The molecule has 2 N–H and O–H groups in total. The average molecular weight is 488 g/mol. The zero-order valence-corrected chi connectivity index (χ0v) is 19.6. The molecule has 2 rings (SSSR count). The third-order valence-electron chi connectivity index (χ3n) is 4.90. The Balaban J connectivity index is 0.00000364. The summed E-state index contributed by atoms with van der Waals surface area (Å²) in [6.45, 7) is 11.8. The number of likely N-dealkylation sites (N-methyl/N-ethyl adjacent to an activating group) is 1. The minimum Gasteiger partial charge on any atom is -0.468 e. The third kappa shape index (κ3) is 5.97. The van der Waals surface area contributed by atoms with E-state index in [0.717, 1.165) is 37.0 Å². The summed E-state index contributed by atoms with van der Waals surface area (Å²) in [6, 6.07) is 4.14. The number of nitrogens with one attached hydrogen (secondary N) is 2. The Morgan fingerprint density at radius 2 is 2.00 bits per heavy atom. The molecule has 0 aliphatic carbocycles.